The molecule has 0 aromatic heterocycles. The van der Waals surface area contributed by atoms with Gasteiger partial charge in [0, 0.05) is 0 Å². The van der Waals surface area contributed by atoms with Crippen LogP contribution in [0.1, 0.15) is 33.6 Å². The van der Waals surface area contributed by atoms with Gasteiger partial charge in [-0.05, 0) is 33.6 Å². The van der Waals surface area contributed by atoms with Gasteiger partial charge in [-0.2, -0.15) is 0 Å². The van der Waals surface area contributed by atoms with Crippen molar-refractivity contribution in [3.05, 3.63) is 0 Å². The third kappa shape index (κ3) is 2.73. The Kier molecular flexibility index (Phi) is 4.73. The molecule has 1 fully saturated rings. The molecular formula is C13H21NO8. The molecule has 0 radical (unpaired) electrons. The highest BCUT2D eigenvalue weighted by Gasteiger charge is 2.65. The first-order valence-corrected chi connectivity index (χ1v) is 6.69. The normalized spacial score (nSPS) is 28.5. The van der Waals surface area contributed by atoms with Crippen molar-refractivity contribution in [2.45, 2.75) is 50.3 Å². The number of ether oxygens (including phenoxy) is 1. The standard InChI is InChI=1S/C13H21NO8/c1-11(2,3)22-10(21)14-12(6-15,8(17)18)4-5-13(14,7-16)9(19)20/h15-16H,4-7H2,1-3H3,(H,17,18)(H,19,20). The Morgan fingerprint density at radius 3 is 1.59 bits per heavy atom. The van der Waals surface area contributed by atoms with Crippen LogP contribution in [0.4, 0.5) is 4.79 Å². The van der Waals surface area contributed by atoms with Gasteiger partial charge in [0.1, 0.15) is 5.60 Å². The first-order chi connectivity index (χ1) is 9.97. The van der Waals surface area contributed by atoms with Gasteiger partial charge in [0.05, 0.1) is 13.2 Å². The number of aliphatic hydroxyl groups excluding tert-OH is 2. The summed E-state index contributed by atoms with van der Waals surface area (Å²) < 4.78 is 5.07. The Morgan fingerprint density at radius 1 is 1.00 bits per heavy atom. The molecule has 1 rings (SSSR count). The minimum Gasteiger partial charge on any atom is -0.479 e. The maximum absolute atomic E-state index is 12.4. The van der Waals surface area contributed by atoms with E-state index in [9.17, 15) is 34.8 Å². The number of carbonyl (C=O) groups is 3. The van der Waals surface area contributed by atoms with E-state index in [1.807, 2.05) is 0 Å². The van der Waals surface area contributed by atoms with E-state index in [1.165, 1.54) is 20.8 Å². The molecule has 1 saturated heterocycles. The van der Waals surface area contributed by atoms with Gasteiger partial charge in [0.25, 0.3) is 0 Å². The topological polar surface area (TPSA) is 145 Å². The maximum Gasteiger partial charge on any atom is 0.412 e. The van der Waals surface area contributed by atoms with Crippen LogP contribution < -0.4 is 0 Å². The van der Waals surface area contributed by atoms with Crippen molar-refractivity contribution in [2.24, 2.45) is 0 Å². The van der Waals surface area contributed by atoms with Crippen LogP contribution in [0.5, 0.6) is 0 Å². The number of amides is 1. The number of hydrogen-bond donors (Lipinski definition) is 4. The minimum atomic E-state index is -2.15. The SMILES string of the molecule is CC(C)(C)OC(=O)N1C(CO)(C(=O)O)CCC1(CO)C(=O)O. The molecule has 1 heterocycles. The lowest BCUT2D eigenvalue weighted by molar-refractivity contribution is -0.164. The molecule has 9 heteroatoms. The largest absolute Gasteiger partial charge is 0.479 e. The first-order valence-electron chi connectivity index (χ1n) is 6.69. The average Bonchev–Trinajstić information content (AvgIpc) is 2.73. The first kappa shape index (κ1) is 18.2. The van der Waals surface area contributed by atoms with Gasteiger partial charge < -0.3 is 25.2 Å². The van der Waals surface area contributed by atoms with E-state index < -0.39 is 47.9 Å². The van der Waals surface area contributed by atoms with Crippen molar-refractivity contribution in [2.75, 3.05) is 13.2 Å². The molecule has 9 nitrogen and oxygen atoms in total. The maximum atomic E-state index is 12.4. The number of rotatable bonds is 4. The smallest absolute Gasteiger partial charge is 0.412 e. The molecule has 4 N–H and O–H groups in total. The van der Waals surface area contributed by atoms with Crippen LogP contribution in [0.25, 0.3) is 0 Å². The number of aliphatic carboxylic acids is 2. The lowest BCUT2D eigenvalue weighted by atomic mass is 9.97. The average molecular weight is 319 g/mol. The summed E-state index contributed by atoms with van der Waals surface area (Å²) >= 11 is 0. The predicted octanol–water partition coefficient (Wildman–Crippen LogP) is -0.351. The Labute approximate surface area is 127 Å². The molecule has 1 amide bonds. The van der Waals surface area contributed by atoms with Crippen LogP contribution in [0.2, 0.25) is 0 Å². The molecule has 0 bridgehead atoms. The highest BCUT2D eigenvalue weighted by molar-refractivity contribution is 5.92. The molecule has 0 aromatic rings. The predicted molar refractivity (Wildman–Crippen MR) is 72.2 cm³/mol. The van der Waals surface area contributed by atoms with Crippen molar-refractivity contribution in [1.29, 1.82) is 0 Å². The van der Waals surface area contributed by atoms with Gasteiger partial charge in [-0.25, -0.2) is 14.4 Å². The van der Waals surface area contributed by atoms with Crippen molar-refractivity contribution >= 4 is 18.0 Å². The second-order valence-corrected chi connectivity index (χ2v) is 6.31. The highest BCUT2D eigenvalue weighted by atomic mass is 16.6. The molecule has 2 unspecified atom stereocenters. The number of nitrogens with zero attached hydrogens (tertiary/aromatic N) is 1. The summed E-state index contributed by atoms with van der Waals surface area (Å²) in [5, 5.41) is 37.8. The molecule has 1 aliphatic rings. The van der Waals surface area contributed by atoms with Crippen molar-refractivity contribution < 1.29 is 39.5 Å². The monoisotopic (exact) mass is 319 g/mol. The van der Waals surface area contributed by atoms with Gasteiger partial charge >= 0.3 is 18.0 Å². The van der Waals surface area contributed by atoms with E-state index in [4.69, 9.17) is 4.74 Å². The third-order valence-electron chi connectivity index (χ3n) is 3.70. The van der Waals surface area contributed by atoms with Gasteiger partial charge in [0.15, 0.2) is 11.1 Å². The van der Waals surface area contributed by atoms with Gasteiger partial charge in [-0.15, -0.1) is 0 Å². The van der Waals surface area contributed by atoms with E-state index in [1.54, 1.807) is 0 Å². The van der Waals surface area contributed by atoms with E-state index in [0.717, 1.165) is 0 Å². The Balaban J connectivity index is 3.43. The summed E-state index contributed by atoms with van der Waals surface area (Å²) in [7, 11) is 0. The second-order valence-electron chi connectivity index (χ2n) is 6.31. The molecule has 2 atom stereocenters. The summed E-state index contributed by atoms with van der Waals surface area (Å²) in [5.74, 6) is -3.12. The molecule has 22 heavy (non-hydrogen) atoms. The van der Waals surface area contributed by atoms with E-state index >= 15 is 0 Å². The fraction of sp³-hybridized carbons (Fsp3) is 0.769. The number of carbonyl (C=O) groups excluding carboxylic acids is 1. The number of hydrogen-bond acceptors (Lipinski definition) is 6. The lowest BCUT2D eigenvalue weighted by Crippen LogP contribution is -2.66. The zero-order chi connectivity index (χ0) is 17.3. The number of carboxylic acids is 2. The van der Waals surface area contributed by atoms with Crippen molar-refractivity contribution in [3.63, 3.8) is 0 Å². The fourth-order valence-corrected chi connectivity index (χ4v) is 2.54. The zero-order valence-electron chi connectivity index (χ0n) is 12.7. The van der Waals surface area contributed by atoms with E-state index in [-0.39, 0.29) is 12.8 Å². The number of aliphatic hydroxyl groups is 2. The van der Waals surface area contributed by atoms with Gasteiger partial charge in [-0.1, -0.05) is 0 Å². The summed E-state index contributed by atoms with van der Waals surface area (Å²) in [6.07, 6.45) is -1.84. The minimum absolute atomic E-state index is 0.315. The zero-order valence-corrected chi connectivity index (χ0v) is 12.7. The molecule has 1 aliphatic heterocycles. The molecule has 126 valence electrons. The Morgan fingerprint density at radius 2 is 1.36 bits per heavy atom. The highest BCUT2D eigenvalue weighted by Crippen LogP contribution is 2.42. The van der Waals surface area contributed by atoms with Crippen LogP contribution in [0.15, 0.2) is 0 Å². The molecular weight excluding hydrogens is 298 g/mol. The van der Waals surface area contributed by atoms with Gasteiger partial charge in [-0.3, -0.25) is 4.90 Å². The molecule has 0 spiro atoms. The van der Waals surface area contributed by atoms with Crippen molar-refractivity contribution in [3.8, 4) is 0 Å². The molecule has 0 aliphatic carbocycles. The number of likely N-dealkylation sites (tertiary alicyclic amines) is 1. The van der Waals surface area contributed by atoms with Crippen LogP contribution in [0.3, 0.4) is 0 Å². The van der Waals surface area contributed by atoms with Crippen LogP contribution in [-0.2, 0) is 14.3 Å². The van der Waals surface area contributed by atoms with Crippen LogP contribution in [-0.4, -0.2) is 73.3 Å². The number of carboxylic acid groups (broad SMARTS) is 2. The van der Waals surface area contributed by atoms with Crippen LogP contribution in [0, 0.1) is 0 Å². The Bertz CT molecular complexity index is 455. The summed E-state index contributed by atoms with van der Waals surface area (Å²) in [4.78, 5) is 36.0. The van der Waals surface area contributed by atoms with Crippen molar-refractivity contribution in [1.82, 2.24) is 4.90 Å². The quantitative estimate of drug-likeness (QED) is 0.550. The third-order valence-corrected chi connectivity index (χ3v) is 3.70. The lowest BCUT2D eigenvalue weighted by Gasteiger charge is -2.41. The van der Waals surface area contributed by atoms with E-state index in [2.05, 4.69) is 0 Å². The van der Waals surface area contributed by atoms with Crippen LogP contribution >= 0.6 is 0 Å². The summed E-state index contributed by atoms with van der Waals surface area (Å²) in [6, 6.07) is 0. The Hall–Kier alpha value is -1.87. The second kappa shape index (κ2) is 5.73. The summed E-state index contributed by atoms with van der Waals surface area (Å²) in [6.45, 7) is 2.62. The summed E-state index contributed by atoms with van der Waals surface area (Å²) in [5.41, 5.74) is -5.30. The molecule has 0 saturated carbocycles. The molecule has 0 aromatic carbocycles. The van der Waals surface area contributed by atoms with E-state index in [0.29, 0.717) is 4.90 Å². The fourth-order valence-electron chi connectivity index (χ4n) is 2.54. The van der Waals surface area contributed by atoms with Gasteiger partial charge in [0.2, 0.25) is 0 Å².